The molecule has 3 nitrogen and oxygen atoms in total. The van der Waals surface area contributed by atoms with Gasteiger partial charge < -0.3 is 5.32 Å². The van der Waals surface area contributed by atoms with Gasteiger partial charge in [0.05, 0.1) is 0 Å². The molecule has 0 aliphatic heterocycles. The van der Waals surface area contributed by atoms with E-state index in [0.717, 1.165) is 24.8 Å². The van der Waals surface area contributed by atoms with Gasteiger partial charge >= 0.3 is 0 Å². The van der Waals surface area contributed by atoms with Gasteiger partial charge in [-0.25, -0.2) is 0 Å². The minimum atomic E-state index is 0.145. The lowest BCUT2D eigenvalue weighted by Crippen LogP contribution is -2.29. The lowest BCUT2D eigenvalue weighted by Gasteiger charge is -2.12. The van der Waals surface area contributed by atoms with Crippen LogP contribution in [0.2, 0.25) is 0 Å². The Hall–Kier alpha value is -2.16. The number of aromatic nitrogens is 1. The van der Waals surface area contributed by atoms with Crippen molar-refractivity contribution >= 4 is 5.91 Å². The number of nitrogens with zero attached hydrogens (tertiary/aromatic N) is 1. The van der Waals surface area contributed by atoms with Crippen LogP contribution in [0.5, 0.6) is 0 Å². The first kappa shape index (κ1) is 13.8. The van der Waals surface area contributed by atoms with Crippen molar-refractivity contribution in [2.75, 3.05) is 0 Å². The summed E-state index contributed by atoms with van der Waals surface area (Å²) in [6.45, 7) is 0.569. The van der Waals surface area contributed by atoms with Crippen molar-refractivity contribution in [2.24, 2.45) is 5.92 Å². The van der Waals surface area contributed by atoms with Crippen molar-refractivity contribution in [2.45, 2.75) is 31.7 Å². The van der Waals surface area contributed by atoms with E-state index < -0.39 is 0 Å². The molecule has 1 saturated carbocycles. The number of carbonyl (C=O) groups is 1. The van der Waals surface area contributed by atoms with Gasteiger partial charge in [0.2, 0.25) is 5.91 Å². The Morgan fingerprint density at radius 1 is 1.14 bits per heavy atom. The molecule has 0 radical (unpaired) electrons. The van der Waals surface area contributed by atoms with Crippen LogP contribution in [0.3, 0.4) is 0 Å². The van der Waals surface area contributed by atoms with Gasteiger partial charge in [-0.3, -0.25) is 9.78 Å². The molecule has 0 unspecified atom stereocenters. The molecule has 1 heterocycles. The van der Waals surface area contributed by atoms with Gasteiger partial charge in [0.1, 0.15) is 0 Å². The number of rotatable bonds is 4. The van der Waals surface area contributed by atoms with Crippen LogP contribution in [-0.4, -0.2) is 10.9 Å². The first-order valence-corrected chi connectivity index (χ1v) is 7.54. The fourth-order valence-corrected chi connectivity index (χ4v) is 3.08. The number of benzene rings is 1. The Kier molecular flexibility index (Phi) is 4.29. The predicted molar refractivity (Wildman–Crippen MR) is 82.6 cm³/mol. The smallest absolute Gasteiger partial charge is 0.223 e. The van der Waals surface area contributed by atoms with E-state index in [0.29, 0.717) is 12.5 Å². The van der Waals surface area contributed by atoms with Crippen molar-refractivity contribution in [1.82, 2.24) is 10.3 Å². The van der Waals surface area contributed by atoms with Gasteiger partial charge in [0, 0.05) is 24.9 Å². The van der Waals surface area contributed by atoms with Crippen LogP contribution < -0.4 is 5.32 Å². The molecule has 1 aliphatic rings. The summed E-state index contributed by atoms with van der Waals surface area (Å²) >= 11 is 0. The van der Waals surface area contributed by atoms with Gasteiger partial charge in [-0.2, -0.15) is 0 Å². The second-order valence-electron chi connectivity index (χ2n) is 5.70. The summed E-state index contributed by atoms with van der Waals surface area (Å²) in [5.74, 6) is 0.851. The third-order valence-electron chi connectivity index (χ3n) is 4.26. The number of amides is 1. The molecule has 2 atom stereocenters. The van der Waals surface area contributed by atoms with Gasteiger partial charge in [0.15, 0.2) is 0 Å². The van der Waals surface area contributed by atoms with Crippen LogP contribution in [0, 0.1) is 5.92 Å². The zero-order chi connectivity index (χ0) is 14.5. The Balaban J connectivity index is 1.53. The maximum atomic E-state index is 12.3. The molecule has 3 heteroatoms. The number of pyridine rings is 1. The topological polar surface area (TPSA) is 42.0 Å². The summed E-state index contributed by atoms with van der Waals surface area (Å²) < 4.78 is 0. The van der Waals surface area contributed by atoms with Crippen LogP contribution in [0.1, 0.15) is 36.3 Å². The van der Waals surface area contributed by atoms with Crippen molar-refractivity contribution < 1.29 is 4.79 Å². The van der Waals surface area contributed by atoms with Crippen LogP contribution in [-0.2, 0) is 11.3 Å². The summed E-state index contributed by atoms with van der Waals surface area (Å²) in [7, 11) is 0. The Morgan fingerprint density at radius 3 is 2.76 bits per heavy atom. The van der Waals surface area contributed by atoms with Gasteiger partial charge in [-0.1, -0.05) is 36.4 Å². The molecule has 21 heavy (non-hydrogen) atoms. The van der Waals surface area contributed by atoms with Crippen LogP contribution in [0.25, 0.3) is 0 Å². The highest BCUT2D eigenvalue weighted by molar-refractivity contribution is 5.79. The number of hydrogen-bond donors (Lipinski definition) is 1. The molecular weight excluding hydrogens is 260 g/mol. The largest absolute Gasteiger partial charge is 0.352 e. The maximum absolute atomic E-state index is 12.3. The number of hydrogen-bond acceptors (Lipinski definition) is 2. The number of nitrogens with one attached hydrogen (secondary N) is 1. The van der Waals surface area contributed by atoms with E-state index in [1.165, 1.54) is 5.56 Å². The van der Waals surface area contributed by atoms with Gasteiger partial charge in [-0.15, -0.1) is 0 Å². The summed E-state index contributed by atoms with van der Waals surface area (Å²) in [4.78, 5) is 16.3. The van der Waals surface area contributed by atoms with E-state index in [1.54, 1.807) is 12.4 Å². The van der Waals surface area contributed by atoms with Crippen molar-refractivity contribution in [3.8, 4) is 0 Å². The second kappa shape index (κ2) is 6.53. The minimum absolute atomic E-state index is 0.145. The van der Waals surface area contributed by atoms with Crippen molar-refractivity contribution in [1.29, 1.82) is 0 Å². The fourth-order valence-electron chi connectivity index (χ4n) is 3.08. The van der Waals surface area contributed by atoms with Gasteiger partial charge in [0.25, 0.3) is 0 Å². The standard InChI is InChI=1S/C18H20N2O/c21-18(20-13-14-5-4-10-19-12-14)17-9-8-16(11-17)15-6-2-1-3-7-15/h1-7,10,12,16-17H,8-9,11,13H2,(H,20,21)/t16-,17-/m1/s1. The highest BCUT2D eigenvalue weighted by atomic mass is 16.1. The highest BCUT2D eigenvalue weighted by Crippen LogP contribution is 2.38. The third kappa shape index (κ3) is 3.48. The molecule has 0 spiro atoms. The van der Waals surface area contributed by atoms with Gasteiger partial charge in [-0.05, 0) is 42.4 Å². The molecule has 108 valence electrons. The van der Waals surface area contributed by atoms with Crippen LogP contribution in [0.15, 0.2) is 54.9 Å². The van der Waals surface area contributed by atoms with E-state index in [4.69, 9.17) is 0 Å². The van der Waals surface area contributed by atoms with Crippen molar-refractivity contribution in [3.05, 3.63) is 66.0 Å². The summed E-state index contributed by atoms with van der Waals surface area (Å²) in [6, 6.07) is 14.4. The summed E-state index contributed by atoms with van der Waals surface area (Å²) in [6.07, 6.45) is 6.59. The molecular formula is C18H20N2O. The minimum Gasteiger partial charge on any atom is -0.352 e. The quantitative estimate of drug-likeness (QED) is 0.934. The third-order valence-corrected chi connectivity index (χ3v) is 4.26. The monoisotopic (exact) mass is 280 g/mol. The van der Waals surface area contributed by atoms with E-state index in [2.05, 4.69) is 34.6 Å². The van der Waals surface area contributed by atoms with E-state index >= 15 is 0 Å². The molecule has 1 aromatic carbocycles. The average Bonchev–Trinajstić information content (AvgIpc) is 3.04. The molecule has 1 amide bonds. The first-order chi connectivity index (χ1) is 10.3. The molecule has 1 aliphatic carbocycles. The molecule has 0 bridgehead atoms. The molecule has 0 saturated heterocycles. The number of carbonyl (C=O) groups excluding carboxylic acids is 1. The lowest BCUT2D eigenvalue weighted by molar-refractivity contribution is -0.125. The normalized spacial score (nSPS) is 21.1. The average molecular weight is 280 g/mol. The van der Waals surface area contributed by atoms with E-state index in [9.17, 15) is 4.79 Å². The zero-order valence-corrected chi connectivity index (χ0v) is 12.0. The molecule has 1 N–H and O–H groups in total. The summed E-state index contributed by atoms with van der Waals surface area (Å²) in [5.41, 5.74) is 2.41. The maximum Gasteiger partial charge on any atom is 0.223 e. The van der Waals surface area contributed by atoms with Crippen LogP contribution in [0.4, 0.5) is 0 Å². The summed E-state index contributed by atoms with van der Waals surface area (Å²) in [5, 5.41) is 3.03. The second-order valence-corrected chi connectivity index (χ2v) is 5.70. The van der Waals surface area contributed by atoms with E-state index in [1.807, 2.05) is 18.2 Å². The Labute approximate surface area is 125 Å². The molecule has 1 aromatic heterocycles. The highest BCUT2D eigenvalue weighted by Gasteiger charge is 2.30. The Morgan fingerprint density at radius 2 is 2.00 bits per heavy atom. The zero-order valence-electron chi connectivity index (χ0n) is 12.0. The first-order valence-electron chi connectivity index (χ1n) is 7.54. The molecule has 2 aromatic rings. The molecule has 1 fully saturated rings. The SMILES string of the molecule is O=C(NCc1cccnc1)[C@@H]1CC[C@@H](c2ccccc2)C1. The van der Waals surface area contributed by atoms with Crippen molar-refractivity contribution in [3.63, 3.8) is 0 Å². The van der Waals surface area contributed by atoms with E-state index in [-0.39, 0.29) is 11.8 Å². The fraction of sp³-hybridized carbons (Fsp3) is 0.333. The molecule has 3 rings (SSSR count). The van der Waals surface area contributed by atoms with Crippen LogP contribution >= 0.6 is 0 Å². The Bertz CT molecular complexity index is 583. The predicted octanol–water partition coefficient (Wildman–Crippen LogP) is 3.28. The lowest BCUT2D eigenvalue weighted by atomic mass is 9.96.